The third kappa shape index (κ3) is 3.37. The molecule has 0 saturated carbocycles. The Morgan fingerprint density at radius 1 is 1.14 bits per heavy atom. The van der Waals surface area contributed by atoms with E-state index in [2.05, 4.69) is 34.0 Å². The molecule has 0 saturated heterocycles. The Morgan fingerprint density at radius 2 is 1.90 bits per heavy atom. The summed E-state index contributed by atoms with van der Waals surface area (Å²) in [5.74, 6) is 0.126. The minimum Gasteiger partial charge on any atom is -0.376 e. The fourth-order valence-electron chi connectivity index (χ4n) is 2.63. The van der Waals surface area contributed by atoms with Gasteiger partial charge in [0.05, 0.1) is 6.54 Å². The number of hydrogen-bond acceptors (Lipinski definition) is 2. The van der Waals surface area contributed by atoms with Crippen LogP contribution in [-0.2, 0) is 11.2 Å². The summed E-state index contributed by atoms with van der Waals surface area (Å²) < 4.78 is 1.19. The smallest absolute Gasteiger partial charge is 0.246 e. The first-order valence-electron chi connectivity index (χ1n) is 7.12. The molecule has 0 radical (unpaired) electrons. The molecule has 0 spiro atoms. The standard InChI is InChI=1S/C17H17IN2O/c18-14-7-9-15(10-8-14)19-12-17(21)20-11-3-5-13-4-1-2-6-16(13)20/h1-2,4,6-10,19H,3,5,11-12H2. The highest BCUT2D eigenvalue weighted by Gasteiger charge is 2.21. The van der Waals surface area contributed by atoms with E-state index in [4.69, 9.17) is 0 Å². The Balaban J connectivity index is 1.68. The van der Waals surface area contributed by atoms with E-state index in [1.807, 2.05) is 47.4 Å². The van der Waals surface area contributed by atoms with Crippen molar-refractivity contribution in [1.29, 1.82) is 0 Å². The predicted molar refractivity (Wildman–Crippen MR) is 94.8 cm³/mol. The van der Waals surface area contributed by atoms with Crippen molar-refractivity contribution in [3.8, 4) is 0 Å². The van der Waals surface area contributed by atoms with Gasteiger partial charge in [-0.1, -0.05) is 18.2 Å². The summed E-state index contributed by atoms with van der Waals surface area (Å²) in [6.45, 7) is 1.14. The number of carbonyl (C=O) groups is 1. The van der Waals surface area contributed by atoms with E-state index in [-0.39, 0.29) is 5.91 Å². The normalized spacial score (nSPS) is 13.7. The maximum absolute atomic E-state index is 12.5. The van der Waals surface area contributed by atoms with E-state index < -0.39 is 0 Å². The van der Waals surface area contributed by atoms with Crippen molar-refractivity contribution >= 4 is 39.9 Å². The maximum atomic E-state index is 12.5. The lowest BCUT2D eigenvalue weighted by Crippen LogP contribution is -2.39. The van der Waals surface area contributed by atoms with Crippen LogP contribution in [0.1, 0.15) is 12.0 Å². The zero-order valence-electron chi connectivity index (χ0n) is 11.7. The highest BCUT2D eigenvalue weighted by atomic mass is 127. The first kappa shape index (κ1) is 14.4. The molecule has 1 heterocycles. The van der Waals surface area contributed by atoms with Gasteiger partial charge < -0.3 is 10.2 Å². The third-order valence-electron chi connectivity index (χ3n) is 3.70. The first-order chi connectivity index (χ1) is 10.2. The Kier molecular flexibility index (Phi) is 4.43. The van der Waals surface area contributed by atoms with Gasteiger partial charge in [-0.3, -0.25) is 4.79 Å². The average Bonchev–Trinajstić information content (AvgIpc) is 2.53. The SMILES string of the molecule is O=C(CNc1ccc(I)cc1)N1CCCc2ccccc21. The van der Waals surface area contributed by atoms with Crippen molar-refractivity contribution in [2.75, 3.05) is 23.3 Å². The number of hydrogen-bond donors (Lipinski definition) is 1. The molecule has 1 aliphatic heterocycles. The van der Waals surface area contributed by atoms with Gasteiger partial charge in [-0.2, -0.15) is 0 Å². The Hall–Kier alpha value is -1.56. The molecule has 1 aliphatic rings. The number of aryl methyl sites for hydroxylation is 1. The summed E-state index contributed by atoms with van der Waals surface area (Å²) >= 11 is 2.27. The molecule has 108 valence electrons. The number of rotatable bonds is 3. The van der Waals surface area contributed by atoms with E-state index >= 15 is 0 Å². The van der Waals surface area contributed by atoms with Crippen LogP contribution in [0.5, 0.6) is 0 Å². The average molecular weight is 392 g/mol. The zero-order valence-corrected chi connectivity index (χ0v) is 13.8. The van der Waals surface area contributed by atoms with Crippen molar-refractivity contribution in [2.24, 2.45) is 0 Å². The van der Waals surface area contributed by atoms with Crippen LogP contribution >= 0.6 is 22.6 Å². The molecule has 0 aromatic heterocycles. The number of carbonyl (C=O) groups excluding carboxylic acids is 1. The molecular formula is C17H17IN2O. The van der Waals surface area contributed by atoms with E-state index in [0.717, 1.165) is 30.8 Å². The minimum atomic E-state index is 0.126. The lowest BCUT2D eigenvalue weighted by molar-refractivity contribution is -0.117. The van der Waals surface area contributed by atoms with Crippen LogP contribution in [0.3, 0.4) is 0 Å². The molecule has 1 N–H and O–H groups in total. The van der Waals surface area contributed by atoms with Crippen molar-refractivity contribution in [3.05, 3.63) is 57.7 Å². The van der Waals surface area contributed by atoms with Crippen LogP contribution in [0.25, 0.3) is 0 Å². The summed E-state index contributed by atoms with van der Waals surface area (Å²) in [4.78, 5) is 14.4. The predicted octanol–water partition coefficient (Wildman–Crippen LogP) is 3.68. The lowest BCUT2D eigenvalue weighted by atomic mass is 10.0. The number of benzene rings is 2. The molecule has 0 unspecified atom stereocenters. The van der Waals surface area contributed by atoms with E-state index in [1.54, 1.807) is 0 Å². The van der Waals surface area contributed by atoms with Gasteiger partial charge in [0.2, 0.25) is 5.91 Å². The monoisotopic (exact) mass is 392 g/mol. The summed E-state index contributed by atoms with van der Waals surface area (Å²) in [6.07, 6.45) is 2.09. The van der Waals surface area contributed by atoms with E-state index in [0.29, 0.717) is 6.54 Å². The molecule has 0 atom stereocenters. The molecular weight excluding hydrogens is 375 g/mol. The number of anilines is 2. The fraction of sp³-hybridized carbons (Fsp3) is 0.235. The zero-order chi connectivity index (χ0) is 14.7. The highest BCUT2D eigenvalue weighted by molar-refractivity contribution is 14.1. The third-order valence-corrected chi connectivity index (χ3v) is 4.42. The molecule has 4 heteroatoms. The molecule has 21 heavy (non-hydrogen) atoms. The fourth-order valence-corrected chi connectivity index (χ4v) is 2.99. The van der Waals surface area contributed by atoms with Crippen LogP contribution in [0.15, 0.2) is 48.5 Å². The van der Waals surface area contributed by atoms with Gasteiger partial charge in [0.25, 0.3) is 0 Å². The van der Waals surface area contributed by atoms with E-state index in [1.165, 1.54) is 9.13 Å². The number of halogens is 1. The number of nitrogens with zero attached hydrogens (tertiary/aromatic N) is 1. The number of nitrogens with one attached hydrogen (secondary N) is 1. The Labute approximate surface area is 138 Å². The second-order valence-corrected chi connectivity index (χ2v) is 6.38. The summed E-state index contributed by atoms with van der Waals surface area (Å²) in [5.41, 5.74) is 3.32. The van der Waals surface area contributed by atoms with Crippen molar-refractivity contribution in [3.63, 3.8) is 0 Å². The molecule has 2 aromatic rings. The molecule has 2 aromatic carbocycles. The molecule has 0 fully saturated rings. The molecule has 3 nitrogen and oxygen atoms in total. The summed E-state index contributed by atoms with van der Waals surface area (Å²) in [7, 11) is 0. The van der Waals surface area contributed by atoms with Crippen LogP contribution in [-0.4, -0.2) is 19.0 Å². The van der Waals surface area contributed by atoms with Crippen LogP contribution in [0.2, 0.25) is 0 Å². The molecule has 0 aliphatic carbocycles. The van der Waals surface area contributed by atoms with Gasteiger partial charge >= 0.3 is 0 Å². The second-order valence-electron chi connectivity index (χ2n) is 5.14. The largest absolute Gasteiger partial charge is 0.376 e. The maximum Gasteiger partial charge on any atom is 0.246 e. The van der Waals surface area contributed by atoms with Crippen LogP contribution < -0.4 is 10.2 Å². The minimum absolute atomic E-state index is 0.126. The van der Waals surface area contributed by atoms with Crippen LogP contribution in [0, 0.1) is 3.57 Å². The molecule has 1 amide bonds. The molecule has 3 rings (SSSR count). The number of para-hydroxylation sites is 1. The number of fused-ring (bicyclic) bond motifs is 1. The summed E-state index contributed by atoms with van der Waals surface area (Å²) in [5, 5.41) is 3.21. The van der Waals surface area contributed by atoms with Gasteiger partial charge in [-0.05, 0) is 71.3 Å². The van der Waals surface area contributed by atoms with Gasteiger partial charge in [-0.15, -0.1) is 0 Å². The van der Waals surface area contributed by atoms with Crippen molar-refractivity contribution in [2.45, 2.75) is 12.8 Å². The Morgan fingerprint density at radius 3 is 2.71 bits per heavy atom. The molecule has 0 bridgehead atoms. The summed E-state index contributed by atoms with van der Waals surface area (Å²) in [6, 6.07) is 16.2. The van der Waals surface area contributed by atoms with E-state index in [9.17, 15) is 4.79 Å². The van der Waals surface area contributed by atoms with Gasteiger partial charge in [0, 0.05) is 21.5 Å². The second kappa shape index (κ2) is 6.47. The number of amides is 1. The highest BCUT2D eigenvalue weighted by Crippen LogP contribution is 2.26. The van der Waals surface area contributed by atoms with Gasteiger partial charge in [-0.25, -0.2) is 0 Å². The first-order valence-corrected chi connectivity index (χ1v) is 8.19. The quantitative estimate of drug-likeness (QED) is 0.809. The van der Waals surface area contributed by atoms with Crippen molar-refractivity contribution in [1.82, 2.24) is 0 Å². The van der Waals surface area contributed by atoms with Crippen molar-refractivity contribution < 1.29 is 4.79 Å². The van der Waals surface area contributed by atoms with Crippen LogP contribution in [0.4, 0.5) is 11.4 Å². The Bertz CT molecular complexity index is 639. The topological polar surface area (TPSA) is 32.3 Å². The van der Waals surface area contributed by atoms with Gasteiger partial charge in [0.15, 0.2) is 0 Å². The van der Waals surface area contributed by atoms with Gasteiger partial charge in [0.1, 0.15) is 0 Å². The lowest BCUT2D eigenvalue weighted by Gasteiger charge is -2.29.